The molecule has 8 heteroatoms. The van der Waals surface area contributed by atoms with Crippen LogP contribution < -0.4 is 0 Å². The SMILES string of the molecule is CC(C)(C)OC(=O)N1C2CC(OC(=O)c3ccc([N+](=O)[O-])cc3)CC1C2. The molecule has 8 nitrogen and oxygen atoms in total. The first-order chi connectivity index (χ1) is 12.1. The van der Waals surface area contributed by atoms with Gasteiger partial charge in [-0.3, -0.25) is 10.1 Å². The lowest BCUT2D eigenvalue weighted by atomic mass is 9.78. The molecule has 0 spiro atoms. The van der Waals surface area contributed by atoms with Crippen LogP contribution in [0.2, 0.25) is 0 Å². The molecule has 2 aliphatic heterocycles. The van der Waals surface area contributed by atoms with Crippen molar-refractivity contribution in [3.63, 3.8) is 0 Å². The van der Waals surface area contributed by atoms with Gasteiger partial charge in [-0.25, -0.2) is 9.59 Å². The maximum atomic E-state index is 12.2. The maximum Gasteiger partial charge on any atom is 0.410 e. The molecule has 0 N–H and O–H groups in total. The molecule has 1 aromatic rings. The second kappa shape index (κ2) is 6.59. The van der Waals surface area contributed by atoms with Gasteiger partial charge in [0.2, 0.25) is 0 Å². The molecule has 2 unspecified atom stereocenters. The molecule has 26 heavy (non-hydrogen) atoms. The molecule has 0 radical (unpaired) electrons. The lowest BCUT2D eigenvalue weighted by molar-refractivity contribution is -0.384. The Morgan fingerprint density at radius 1 is 1.12 bits per heavy atom. The molecule has 4 rings (SSSR count). The topological polar surface area (TPSA) is 99.0 Å². The van der Waals surface area contributed by atoms with Crippen LogP contribution in [0, 0.1) is 10.1 Å². The Labute approximate surface area is 151 Å². The van der Waals surface area contributed by atoms with Crippen LogP contribution >= 0.6 is 0 Å². The minimum absolute atomic E-state index is 0.0262. The van der Waals surface area contributed by atoms with E-state index in [0.717, 1.165) is 6.42 Å². The van der Waals surface area contributed by atoms with Gasteiger partial charge in [0.05, 0.1) is 10.5 Å². The predicted octanol–water partition coefficient (Wildman–Crippen LogP) is 3.29. The number of nitro groups is 1. The summed E-state index contributed by atoms with van der Waals surface area (Å²) in [7, 11) is 0. The maximum absolute atomic E-state index is 12.2. The summed E-state index contributed by atoms with van der Waals surface area (Å²) in [5, 5.41) is 10.7. The van der Waals surface area contributed by atoms with Gasteiger partial charge in [0.25, 0.3) is 5.69 Å². The molecule has 0 aromatic heterocycles. The van der Waals surface area contributed by atoms with Crippen molar-refractivity contribution >= 4 is 17.7 Å². The Bertz CT molecular complexity index is 712. The summed E-state index contributed by atoms with van der Waals surface area (Å²) >= 11 is 0. The van der Waals surface area contributed by atoms with Crippen molar-refractivity contribution < 1.29 is 24.0 Å². The molecule has 3 aliphatic rings. The number of hydrogen-bond donors (Lipinski definition) is 0. The zero-order valence-electron chi connectivity index (χ0n) is 15.0. The van der Waals surface area contributed by atoms with Gasteiger partial charge in [-0.15, -0.1) is 0 Å². The smallest absolute Gasteiger partial charge is 0.410 e. The number of carbonyl (C=O) groups is 2. The highest BCUT2D eigenvalue weighted by Gasteiger charge is 2.50. The molecule has 1 aliphatic carbocycles. The van der Waals surface area contributed by atoms with Gasteiger partial charge in [-0.05, 0) is 39.3 Å². The van der Waals surface area contributed by atoms with E-state index < -0.39 is 16.5 Å². The van der Waals surface area contributed by atoms with E-state index in [9.17, 15) is 19.7 Å². The number of ether oxygens (including phenoxy) is 2. The second-order valence-corrected chi connectivity index (χ2v) is 7.73. The summed E-state index contributed by atoms with van der Waals surface area (Å²) in [4.78, 5) is 36.3. The monoisotopic (exact) mass is 362 g/mol. The van der Waals surface area contributed by atoms with Gasteiger partial charge in [0.15, 0.2) is 0 Å². The van der Waals surface area contributed by atoms with E-state index in [1.165, 1.54) is 24.3 Å². The van der Waals surface area contributed by atoms with Crippen LogP contribution in [0.15, 0.2) is 24.3 Å². The van der Waals surface area contributed by atoms with Crippen LogP contribution in [0.3, 0.4) is 0 Å². The third kappa shape index (κ3) is 3.79. The molecular weight excluding hydrogens is 340 g/mol. The largest absolute Gasteiger partial charge is 0.459 e. The van der Waals surface area contributed by atoms with Crippen molar-refractivity contribution in [3.8, 4) is 0 Å². The predicted molar refractivity (Wildman–Crippen MR) is 91.8 cm³/mol. The van der Waals surface area contributed by atoms with Gasteiger partial charge in [0.1, 0.15) is 11.7 Å². The number of amides is 1. The number of non-ortho nitro benzene ring substituents is 1. The van der Waals surface area contributed by atoms with Gasteiger partial charge in [-0.2, -0.15) is 0 Å². The van der Waals surface area contributed by atoms with Crippen molar-refractivity contribution in [1.82, 2.24) is 4.90 Å². The fourth-order valence-corrected chi connectivity index (χ4v) is 3.47. The number of carbonyl (C=O) groups excluding carboxylic acids is 2. The molecule has 1 amide bonds. The van der Waals surface area contributed by atoms with Gasteiger partial charge < -0.3 is 14.4 Å². The van der Waals surface area contributed by atoms with E-state index >= 15 is 0 Å². The van der Waals surface area contributed by atoms with E-state index in [0.29, 0.717) is 12.8 Å². The van der Waals surface area contributed by atoms with Crippen LogP contribution in [-0.4, -0.2) is 45.7 Å². The quantitative estimate of drug-likeness (QED) is 0.465. The first-order valence-electron chi connectivity index (χ1n) is 8.61. The summed E-state index contributed by atoms with van der Waals surface area (Å²) in [5.41, 5.74) is -0.338. The van der Waals surface area contributed by atoms with E-state index in [1.807, 2.05) is 20.8 Å². The van der Waals surface area contributed by atoms with E-state index in [2.05, 4.69) is 0 Å². The number of piperidine rings is 1. The Hall–Kier alpha value is -2.64. The third-order valence-electron chi connectivity index (χ3n) is 4.59. The molecule has 2 saturated heterocycles. The van der Waals surface area contributed by atoms with Crippen LogP contribution in [0.5, 0.6) is 0 Å². The molecule has 3 fully saturated rings. The lowest BCUT2D eigenvalue weighted by Gasteiger charge is -2.54. The standard InChI is InChI=1S/C18H22N2O6/c1-18(2,3)26-17(22)19-13-8-14(19)10-15(9-13)25-16(21)11-4-6-12(7-5-11)20(23)24/h4-7,13-15H,8-10H2,1-3H3. The number of benzene rings is 1. The second-order valence-electron chi connectivity index (χ2n) is 7.73. The Morgan fingerprint density at radius 3 is 2.19 bits per heavy atom. The first kappa shape index (κ1) is 18.2. The lowest BCUT2D eigenvalue weighted by Crippen LogP contribution is -2.65. The molecule has 1 aromatic carbocycles. The van der Waals surface area contributed by atoms with Crippen molar-refractivity contribution in [3.05, 3.63) is 39.9 Å². The minimum atomic E-state index is -0.539. The molecule has 2 atom stereocenters. The first-order valence-corrected chi connectivity index (χ1v) is 8.61. The molecule has 1 saturated carbocycles. The summed E-state index contributed by atoms with van der Waals surface area (Å²) in [6, 6.07) is 5.38. The van der Waals surface area contributed by atoms with E-state index in [1.54, 1.807) is 4.90 Å². The van der Waals surface area contributed by atoms with Crippen molar-refractivity contribution in [2.45, 2.75) is 63.8 Å². The Morgan fingerprint density at radius 2 is 1.69 bits per heavy atom. The highest BCUT2D eigenvalue weighted by molar-refractivity contribution is 5.89. The van der Waals surface area contributed by atoms with E-state index in [-0.39, 0.29) is 35.5 Å². The molecule has 140 valence electrons. The zero-order valence-corrected chi connectivity index (χ0v) is 15.0. The highest BCUT2D eigenvalue weighted by atomic mass is 16.6. The summed E-state index contributed by atoms with van der Waals surface area (Å²) in [6.07, 6.45) is 1.47. The van der Waals surface area contributed by atoms with Gasteiger partial charge in [-0.1, -0.05) is 0 Å². The molecular formula is C18H22N2O6. The minimum Gasteiger partial charge on any atom is -0.459 e. The van der Waals surface area contributed by atoms with Crippen LogP contribution in [0.1, 0.15) is 50.4 Å². The normalized spacial score (nSPS) is 24.4. The number of hydrogen-bond acceptors (Lipinski definition) is 6. The van der Waals surface area contributed by atoms with Crippen LogP contribution in [0.4, 0.5) is 10.5 Å². The van der Waals surface area contributed by atoms with Crippen LogP contribution in [-0.2, 0) is 9.47 Å². The average Bonchev–Trinajstić information content (AvgIpc) is 2.53. The summed E-state index contributed by atoms with van der Waals surface area (Å²) in [6.45, 7) is 5.49. The summed E-state index contributed by atoms with van der Waals surface area (Å²) < 4.78 is 10.9. The molecule has 2 heterocycles. The van der Waals surface area contributed by atoms with Crippen molar-refractivity contribution in [1.29, 1.82) is 0 Å². The third-order valence-corrected chi connectivity index (χ3v) is 4.59. The zero-order chi connectivity index (χ0) is 19.1. The number of nitro benzene ring substituents is 1. The summed E-state index contributed by atoms with van der Waals surface area (Å²) in [5.74, 6) is -0.505. The Balaban J connectivity index is 1.55. The fraction of sp³-hybridized carbons (Fsp3) is 0.556. The highest BCUT2D eigenvalue weighted by Crippen LogP contribution is 2.40. The van der Waals surface area contributed by atoms with Gasteiger partial charge in [0, 0.05) is 37.1 Å². The van der Waals surface area contributed by atoms with Crippen LogP contribution in [0.25, 0.3) is 0 Å². The number of nitrogens with zero attached hydrogens (tertiary/aromatic N) is 2. The number of rotatable bonds is 3. The van der Waals surface area contributed by atoms with Crippen molar-refractivity contribution in [2.24, 2.45) is 0 Å². The van der Waals surface area contributed by atoms with E-state index in [4.69, 9.17) is 9.47 Å². The Kier molecular flexibility index (Phi) is 4.60. The molecule has 2 bridgehead atoms. The number of fused-ring (bicyclic) bond motifs is 2. The fourth-order valence-electron chi connectivity index (χ4n) is 3.47. The van der Waals surface area contributed by atoms with Gasteiger partial charge >= 0.3 is 12.1 Å². The number of esters is 1. The average molecular weight is 362 g/mol. The van der Waals surface area contributed by atoms with Crippen molar-refractivity contribution in [2.75, 3.05) is 0 Å².